The van der Waals surface area contributed by atoms with Crippen LogP contribution in [0.1, 0.15) is 39.8 Å². The maximum atomic E-state index is 14.5. The minimum atomic E-state index is -0.678. The lowest BCUT2D eigenvalue weighted by molar-refractivity contribution is 0.0256. The first-order chi connectivity index (χ1) is 17.2. The van der Waals surface area contributed by atoms with E-state index in [1.165, 1.54) is 32.9 Å². The van der Waals surface area contributed by atoms with Gasteiger partial charge in [-0.15, -0.1) is 0 Å². The standard InChI is InChI=1S/C23H22F2N8O3/c1-12-21(22(26)34)13(2)32(30-12)20-6-19(17(25)9-28-20)36-16-10-31(11-16)23(35)33-18(3-4-29-33)14-5-15(24)8-27-7-14/h4-9,16,18H,3,10-11H2,1-2H3,(H2,26,34)/t18-/m0/s1. The van der Waals surface area contributed by atoms with E-state index < -0.39 is 29.7 Å². The third-order valence-corrected chi connectivity index (χ3v) is 6.11. The first-order valence-electron chi connectivity index (χ1n) is 11.1. The molecule has 1 atom stereocenters. The summed E-state index contributed by atoms with van der Waals surface area (Å²) in [6, 6.07) is 1.89. The highest BCUT2D eigenvalue weighted by molar-refractivity contribution is 5.95. The van der Waals surface area contributed by atoms with Gasteiger partial charge in [-0.25, -0.2) is 28.3 Å². The van der Waals surface area contributed by atoms with Crippen LogP contribution in [0.15, 0.2) is 35.8 Å². The second kappa shape index (κ2) is 8.98. The molecule has 2 aliphatic rings. The Morgan fingerprint density at radius 2 is 1.92 bits per heavy atom. The maximum Gasteiger partial charge on any atom is 0.341 e. The van der Waals surface area contributed by atoms with Gasteiger partial charge in [-0.3, -0.25) is 9.78 Å². The molecule has 11 nitrogen and oxygen atoms in total. The van der Waals surface area contributed by atoms with Crippen molar-refractivity contribution in [2.45, 2.75) is 32.4 Å². The molecule has 0 radical (unpaired) electrons. The average molecular weight is 496 g/mol. The van der Waals surface area contributed by atoms with Crippen LogP contribution in [0, 0.1) is 25.5 Å². The number of carbonyl (C=O) groups is 2. The molecule has 0 aromatic carbocycles. The number of nitrogens with zero attached hydrogens (tertiary/aromatic N) is 7. The van der Waals surface area contributed by atoms with Crippen LogP contribution in [0.5, 0.6) is 5.75 Å². The van der Waals surface area contributed by atoms with Gasteiger partial charge in [-0.05, 0) is 25.5 Å². The molecule has 5 rings (SSSR count). The number of hydrazone groups is 1. The third kappa shape index (κ3) is 4.12. The van der Waals surface area contributed by atoms with Crippen LogP contribution in [0.25, 0.3) is 5.82 Å². The number of amides is 3. The molecule has 1 saturated heterocycles. The monoisotopic (exact) mass is 496 g/mol. The lowest BCUT2D eigenvalue weighted by Crippen LogP contribution is -2.58. The smallest absolute Gasteiger partial charge is 0.341 e. The number of likely N-dealkylation sites (tertiary alicyclic amines) is 1. The molecular formula is C23H22F2N8O3. The Labute approximate surface area is 204 Å². The van der Waals surface area contributed by atoms with Crippen LogP contribution in [0.4, 0.5) is 13.6 Å². The predicted molar refractivity (Wildman–Crippen MR) is 123 cm³/mol. The zero-order chi connectivity index (χ0) is 25.6. The molecule has 3 aromatic rings. The zero-order valence-corrected chi connectivity index (χ0v) is 19.4. The number of hydrogen-bond donors (Lipinski definition) is 1. The van der Waals surface area contributed by atoms with Crippen molar-refractivity contribution >= 4 is 18.2 Å². The van der Waals surface area contributed by atoms with Crippen molar-refractivity contribution in [3.8, 4) is 11.6 Å². The molecule has 0 bridgehead atoms. The van der Waals surface area contributed by atoms with E-state index in [0.29, 0.717) is 23.4 Å². The predicted octanol–water partition coefficient (Wildman–Crippen LogP) is 2.27. The van der Waals surface area contributed by atoms with Crippen molar-refractivity contribution in [3.05, 3.63) is 64.9 Å². The molecule has 0 aliphatic carbocycles. The number of hydrogen-bond acceptors (Lipinski definition) is 7. The van der Waals surface area contributed by atoms with Crippen molar-refractivity contribution in [2.75, 3.05) is 13.1 Å². The van der Waals surface area contributed by atoms with Crippen LogP contribution < -0.4 is 10.5 Å². The second-order valence-corrected chi connectivity index (χ2v) is 8.55. The SMILES string of the molecule is Cc1nn(-c2cc(OC3CN(C(=O)N4N=CC[C@H]4c4cncc(F)c4)C3)c(F)cn2)c(C)c1C(N)=O. The summed E-state index contributed by atoms with van der Waals surface area (Å²) in [6.45, 7) is 3.73. The molecule has 2 N–H and O–H groups in total. The largest absolute Gasteiger partial charge is 0.483 e. The molecular weight excluding hydrogens is 474 g/mol. The van der Waals surface area contributed by atoms with Crippen molar-refractivity contribution in [1.29, 1.82) is 0 Å². The summed E-state index contributed by atoms with van der Waals surface area (Å²) in [5, 5.41) is 9.71. The van der Waals surface area contributed by atoms with E-state index in [-0.39, 0.29) is 36.3 Å². The summed E-state index contributed by atoms with van der Waals surface area (Å²) in [4.78, 5) is 34.1. The van der Waals surface area contributed by atoms with Crippen molar-refractivity contribution < 1.29 is 23.1 Å². The Balaban J connectivity index is 1.26. The van der Waals surface area contributed by atoms with Gasteiger partial charge < -0.3 is 15.4 Å². The van der Waals surface area contributed by atoms with Crippen LogP contribution >= 0.6 is 0 Å². The number of rotatable bonds is 5. The molecule has 36 heavy (non-hydrogen) atoms. The van der Waals surface area contributed by atoms with E-state index >= 15 is 0 Å². The number of halogens is 2. The lowest BCUT2D eigenvalue weighted by atomic mass is 10.1. The number of carbonyl (C=O) groups excluding carboxylic acids is 2. The maximum absolute atomic E-state index is 14.5. The van der Waals surface area contributed by atoms with E-state index in [2.05, 4.69) is 20.2 Å². The topological polar surface area (TPSA) is 132 Å². The Morgan fingerprint density at radius 3 is 2.61 bits per heavy atom. The van der Waals surface area contributed by atoms with Crippen LogP contribution in [-0.4, -0.2) is 67.0 Å². The molecule has 2 aliphatic heterocycles. The van der Waals surface area contributed by atoms with Crippen molar-refractivity contribution in [3.63, 3.8) is 0 Å². The van der Waals surface area contributed by atoms with Gasteiger partial charge in [0.05, 0.1) is 48.5 Å². The van der Waals surface area contributed by atoms with E-state index in [1.54, 1.807) is 20.1 Å². The third-order valence-electron chi connectivity index (χ3n) is 6.11. The fourth-order valence-electron chi connectivity index (χ4n) is 4.32. The summed E-state index contributed by atoms with van der Waals surface area (Å²) < 4.78 is 35.2. The van der Waals surface area contributed by atoms with Crippen LogP contribution in [0.2, 0.25) is 0 Å². The number of primary amides is 1. The van der Waals surface area contributed by atoms with Gasteiger partial charge in [0.15, 0.2) is 17.4 Å². The second-order valence-electron chi connectivity index (χ2n) is 8.55. The molecule has 186 valence electrons. The van der Waals surface area contributed by atoms with Gasteiger partial charge in [-0.2, -0.15) is 10.2 Å². The van der Waals surface area contributed by atoms with Gasteiger partial charge in [0.2, 0.25) is 0 Å². The normalized spacial score (nSPS) is 17.4. The fraction of sp³-hybridized carbons (Fsp3) is 0.304. The highest BCUT2D eigenvalue weighted by Crippen LogP contribution is 2.31. The van der Waals surface area contributed by atoms with Gasteiger partial charge in [0.25, 0.3) is 5.91 Å². The molecule has 1 fully saturated rings. The van der Waals surface area contributed by atoms with E-state index in [0.717, 1.165) is 12.4 Å². The lowest BCUT2D eigenvalue weighted by Gasteiger charge is -2.41. The summed E-state index contributed by atoms with van der Waals surface area (Å²) in [5.41, 5.74) is 7.14. The highest BCUT2D eigenvalue weighted by Gasteiger charge is 2.39. The quantitative estimate of drug-likeness (QED) is 0.576. The Bertz CT molecular complexity index is 1390. The molecule has 3 aromatic heterocycles. The first kappa shape index (κ1) is 23.3. The Kier molecular flexibility index (Phi) is 5.82. The van der Waals surface area contributed by atoms with E-state index in [1.807, 2.05) is 0 Å². The van der Waals surface area contributed by atoms with Gasteiger partial charge in [-0.1, -0.05) is 0 Å². The summed E-state index contributed by atoms with van der Waals surface area (Å²) >= 11 is 0. The van der Waals surface area contributed by atoms with Crippen LogP contribution in [0.3, 0.4) is 0 Å². The molecule has 13 heteroatoms. The Morgan fingerprint density at radius 1 is 1.14 bits per heavy atom. The van der Waals surface area contributed by atoms with Crippen molar-refractivity contribution in [1.82, 2.24) is 29.7 Å². The van der Waals surface area contributed by atoms with Crippen LogP contribution in [-0.2, 0) is 0 Å². The first-order valence-corrected chi connectivity index (χ1v) is 11.1. The summed E-state index contributed by atoms with van der Waals surface area (Å²) in [5.74, 6) is -1.59. The average Bonchev–Trinajstić information content (AvgIpc) is 3.41. The highest BCUT2D eigenvalue weighted by atomic mass is 19.1. The van der Waals surface area contributed by atoms with Crippen molar-refractivity contribution in [2.24, 2.45) is 10.8 Å². The number of aromatic nitrogens is 4. The van der Waals surface area contributed by atoms with E-state index in [4.69, 9.17) is 10.5 Å². The minimum absolute atomic E-state index is 0.0619. The Hall–Kier alpha value is -4.42. The molecule has 0 saturated carbocycles. The zero-order valence-electron chi connectivity index (χ0n) is 19.4. The summed E-state index contributed by atoms with van der Waals surface area (Å²) in [7, 11) is 0. The summed E-state index contributed by atoms with van der Waals surface area (Å²) in [6.07, 6.45) is 5.18. The van der Waals surface area contributed by atoms with Gasteiger partial charge >= 0.3 is 6.03 Å². The number of urea groups is 1. The number of aryl methyl sites for hydroxylation is 1. The molecule has 3 amide bonds. The van der Waals surface area contributed by atoms with Gasteiger partial charge in [0, 0.05) is 24.9 Å². The fourth-order valence-corrected chi connectivity index (χ4v) is 4.32. The number of nitrogens with two attached hydrogens (primary N) is 1. The minimum Gasteiger partial charge on any atom is -0.483 e. The number of ether oxygens (including phenoxy) is 1. The molecule has 5 heterocycles. The van der Waals surface area contributed by atoms with E-state index in [9.17, 15) is 18.4 Å². The molecule has 0 spiro atoms. The number of pyridine rings is 2. The molecule has 0 unspecified atom stereocenters. The van der Waals surface area contributed by atoms with Gasteiger partial charge in [0.1, 0.15) is 11.9 Å².